The monoisotopic (exact) mass is 594 g/mol. The third-order valence-electron chi connectivity index (χ3n) is 5.43. The molecule has 0 radical (unpaired) electrons. The zero-order valence-corrected chi connectivity index (χ0v) is 23.4. The van der Waals surface area contributed by atoms with Gasteiger partial charge in [0, 0.05) is 24.9 Å². The number of allylic oxidation sites excluding steroid dienone is 3. The quantitative estimate of drug-likeness (QED) is 0.125. The van der Waals surface area contributed by atoms with Gasteiger partial charge in [0.1, 0.15) is 16.6 Å². The van der Waals surface area contributed by atoms with Crippen LogP contribution in [0, 0.1) is 0 Å². The number of aryl methyl sites for hydroxylation is 1. The fourth-order valence-electron chi connectivity index (χ4n) is 3.36. The van der Waals surface area contributed by atoms with Crippen molar-refractivity contribution in [3.05, 3.63) is 70.3 Å². The molecule has 15 heteroatoms. The number of aliphatic imine (C=N–C) groups is 1. The minimum atomic E-state index is -4.82. The zero-order valence-electron chi connectivity index (χ0n) is 22.6. The summed E-state index contributed by atoms with van der Waals surface area (Å²) >= 11 is 1.29. The molecule has 11 nitrogen and oxygen atoms in total. The summed E-state index contributed by atoms with van der Waals surface area (Å²) in [6, 6.07) is 5.13. The lowest BCUT2D eigenvalue weighted by Crippen LogP contribution is -2.28. The average Bonchev–Trinajstić information content (AvgIpc) is 3.34. The number of alkyl halides is 3. The molecular formula is C26H33F3N8O3S. The van der Waals surface area contributed by atoms with Crippen LogP contribution in [0.4, 0.5) is 18.3 Å². The van der Waals surface area contributed by atoms with Gasteiger partial charge in [-0.15, -0.1) is 23.4 Å². The summed E-state index contributed by atoms with van der Waals surface area (Å²) in [7, 11) is 1.62. The van der Waals surface area contributed by atoms with Gasteiger partial charge in [0.2, 0.25) is 16.9 Å². The van der Waals surface area contributed by atoms with Gasteiger partial charge in [-0.05, 0) is 67.8 Å². The molecule has 0 aliphatic heterocycles. The molecule has 0 unspecified atom stereocenters. The maximum Gasteiger partial charge on any atom is 0.573 e. The van der Waals surface area contributed by atoms with Gasteiger partial charge in [0.25, 0.3) is 0 Å². The molecule has 2 amide bonds. The maximum absolute atomic E-state index is 12.4. The maximum atomic E-state index is 12.4. The predicted molar refractivity (Wildman–Crippen MR) is 152 cm³/mol. The first-order valence-electron chi connectivity index (χ1n) is 12.4. The van der Waals surface area contributed by atoms with E-state index in [0.29, 0.717) is 40.5 Å². The van der Waals surface area contributed by atoms with Crippen molar-refractivity contribution in [1.29, 1.82) is 0 Å². The Labute approximate surface area is 239 Å². The molecule has 0 bridgehead atoms. The highest BCUT2D eigenvalue weighted by molar-refractivity contribution is 7.15. The summed E-state index contributed by atoms with van der Waals surface area (Å²) in [5.41, 5.74) is 19.6. The number of hydrogen-bond donors (Lipinski definition) is 5. The number of aromatic nitrogens is 2. The summed E-state index contributed by atoms with van der Waals surface area (Å²) in [4.78, 5) is 28.4. The van der Waals surface area contributed by atoms with E-state index in [-0.39, 0.29) is 24.6 Å². The Hall–Kier alpha value is -4.40. The van der Waals surface area contributed by atoms with E-state index in [4.69, 9.17) is 17.2 Å². The number of nitrogens with two attached hydrogens (primary N) is 3. The molecule has 2 aromatic rings. The van der Waals surface area contributed by atoms with Gasteiger partial charge in [-0.25, -0.2) is 0 Å². The van der Waals surface area contributed by atoms with Gasteiger partial charge in [-0.2, -0.15) is 0 Å². The lowest BCUT2D eigenvalue weighted by atomic mass is 10.1. The van der Waals surface area contributed by atoms with Crippen LogP contribution in [0.25, 0.3) is 0 Å². The number of halogens is 3. The van der Waals surface area contributed by atoms with Gasteiger partial charge in [0.05, 0.1) is 12.8 Å². The molecule has 0 saturated heterocycles. The highest BCUT2D eigenvalue weighted by Gasteiger charge is 2.31. The third-order valence-corrected chi connectivity index (χ3v) is 6.33. The van der Waals surface area contributed by atoms with Crippen molar-refractivity contribution < 1.29 is 27.5 Å². The van der Waals surface area contributed by atoms with E-state index in [0.717, 1.165) is 30.0 Å². The van der Waals surface area contributed by atoms with Crippen LogP contribution >= 0.6 is 11.3 Å². The summed E-state index contributed by atoms with van der Waals surface area (Å²) in [5, 5.41) is 14.4. The molecule has 0 fully saturated rings. The SMILES string of the molecule is CN=C(C)/C(=C\N)CC(=O)Nc1nnc(CCCC/C(N)=C/C=C(\N)NC(=O)Cc2cccc(OC(F)(F)F)c2)s1. The molecule has 1 aromatic heterocycles. The summed E-state index contributed by atoms with van der Waals surface area (Å²) in [5.74, 6) is -1.15. The van der Waals surface area contributed by atoms with Crippen molar-refractivity contribution in [2.75, 3.05) is 12.4 Å². The minimum Gasteiger partial charge on any atom is -0.406 e. The van der Waals surface area contributed by atoms with E-state index in [1.54, 1.807) is 20.0 Å². The zero-order chi connectivity index (χ0) is 30.4. The van der Waals surface area contributed by atoms with E-state index in [1.807, 2.05) is 0 Å². The lowest BCUT2D eigenvalue weighted by molar-refractivity contribution is -0.274. The van der Waals surface area contributed by atoms with Gasteiger partial charge >= 0.3 is 6.36 Å². The number of nitrogens with zero attached hydrogens (tertiary/aromatic N) is 3. The van der Waals surface area contributed by atoms with Crippen LogP contribution in [0.1, 0.15) is 43.2 Å². The van der Waals surface area contributed by atoms with Gasteiger partial charge in [-0.3, -0.25) is 14.6 Å². The fourth-order valence-corrected chi connectivity index (χ4v) is 4.16. The topological polar surface area (TPSA) is 184 Å². The van der Waals surface area contributed by atoms with Crippen molar-refractivity contribution in [3.8, 4) is 5.75 Å². The standard InChI is InChI=1S/C26H33F3N8O3S/c1-16(33-2)18(15-30)14-23(39)35-25-37-36-24(41-25)9-4-3-7-19(31)10-11-21(32)34-22(38)13-17-6-5-8-20(12-17)40-26(27,28)29/h5-6,8,10-12,15H,3-4,7,9,13-14,30-32H2,1-2H3,(H,34,38)(H,35,37,39)/b18-15-,19-10-,21-11+,33-16?. The van der Waals surface area contributed by atoms with Crippen molar-refractivity contribution in [3.63, 3.8) is 0 Å². The number of hydrogen-bond acceptors (Lipinski definition) is 10. The van der Waals surface area contributed by atoms with Crippen LogP contribution in [-0.2, 0) is 22.4 Å². The van der Waals surface area contributed by atoms with Gasteiger partial charge in [0.15, 0.2) is 0 Å². The number of amides is 2. The van der Waals surface area contributed by atoms with E-state index < -0.39 is 18.0 Å². The van der Waals surface area contributed by atoms with Crippen LogP contribution < -0.4 is 32.6 Å². The number of carbonyl (C=O) groups excluding carboxylic acids is 2. The number of anilines is 1. The predicted octanol–water partition coefficient (Wildman–Crippen LogP) is 3.41. The molecular weight excluding hydrogens is 561 g/mol. The van der Waals surface area contributed by atoms with E-state index in [9.17, 15) is 22.8 Å². The van der Waals surface area contributed by atoms with Crippen LogP contribution in [-0.4, -0.2) is 41.1 Å². The van der Waals surface area contributed by atoms with Gasteiger partial charge in [-0.1, -0.05) is 23.5 Å². The normalized spacial score (nSPS) is 13.2. The van der Waals surface area contributed by atoms with Crippen molar-refractivity contribution in [2.24, 2.45) is 22.2 Å². The number of benzene rings is 1. The first-order valence-corrected chi connectivity index (χ1v) is 13.2. The Morgan fingerprint density at radius 2 is 1.90 bits per heavy atom. The first-order chi connectivity index (χ1) is 19.4. The van der Waals surface area contributed by atoms with Crippen LogP contribution in [0.15, 0.2) is 64.7 Å². The smallest absolute Gasteiger partial charge is 0.406 e. The molecule has 0 atom stereocenters. The van der Waals surface area contributed by atoms with Crippen molar-refractivity contribution in [1.82, 2.24) is 15.5 Å². The second-order valence-electron chi connectivity index (χ2n) is 8.72. The Morgan fingerprint density at radius 1 is 1.15 bits per heavy atom. The third kappa shape index (κ3) is 13.0. The molecule has 0 spiro atoms. The summed E-state index contributed by atoms with van der Waals surface area (Å²) in [6.45, 7) is 1.77. The Bertz CT molecular complexity index is 1320. The second-order valence-corrected chi connectivity index (χ2v) is 9.78. The number of nitrogens with one attached hydrogen (secondary N) is 2. The van der Waals surface area contributed by atoms with E-state index in [2.05, 4.69) is 30.6 Å². The van der Waals surface area contributed by atoms with Crippen molar-refractivity contribution in [2.45, 2.75) is 51.8 Å². The summed E-state index contributed by atoms with van der Waals surface area (Å²) in [6.07, 6.45) is 2.18. The highest BCUT2D eigenvalue weighted by atomic mass is 32.1. The number of rotatable bonds is 14. The number of carbonyl (C=O) groups is 2. The molecule has 0 saturated carbocycles. The van der Waals surface area contributed by atoms with Crippen molar-refractivity contribution >= 4 is 34.0 Å². The molecule has 0 aliphatic rings. The Balaban J connectivity index is 1.73. The molecule has 41 heavy (non-hydrogen) atoms. The minimum absolute atomic E-state index is 0.0373. The van der Waals surface area contributed by atoms with E-state index >= 15 is 0 Å². The van der Waals surface area contributed by atoms with Crippen LogP contribution in [0.5, 0.6) is 5.75 Å². The fraction of sp³-hybridized carbons (Fsp3) is 0.346. The molecule has 0 aliphatic carbocycles. The van der Waals surface area contributed by atoms with Gasteiger partial charge < -0.3 is 32.6 Å². The molecule has 2 rings (SSSR count). The Kier molecular flexibility index (Phi) is 12.8. The molecule has 1 aromatic carbocycles. The number of ether oxygens (including phenoxy) is 1. The molecule has 1 heterocycles. The first kappa shape index (κ1) is 32.8. The second kappa shape index (κ2) is 16.0. The Morgan fingerprint density at radius 3 is 2.59 bits per heavy atom. The highest BCUT2D eigenvalue weighted by Crippen LogP contribution is 2.23. The van der Waals surface area contributed by atoms with Crippen LogP contribution in [0.3, 0.4) is 0 Å². The average molecular weight is 595 g/mol. The summed E-state index contributed by atoms with van der Waals surface area (Å²) < 4.78 is 41.0. The largest absolute Gasteiger partial charge is 0.573 e. The lowest BCUT2D eigenvalue weighted by Gasteiger charge is -2.10. The number of unbranched alkanes of at least 4 members (excludes halogenated alkanes) is 1. The molecule has 8 N–H and O–H groups in total. The van der Waals surface area contributed by atoms with Crippen LogP contribution in [0.2, 0.25) is 0 Å². The molecule has 222 valence electrons. The van der Waals surface area contributed by atoms with E-state index in [1.165, 1.54) is 35.7 Å².